The van der Waals surface area contributed by atoms with Crippen molar-refractivity contribution in [1.82, 2.24) is 0 Å². The van der Waals surface area contributed by atoms with Crippen LogP contribution in [0.1, 0.15) is 43.7 Å². The maximum absolute atomic E-state index is 13.4. The highest BCUT2D eigenvalue weighted by molar-refractivity contribution is 6.51. The van der Waals surface area contributed by atoms with Crippen molar-refractivity contribution in [3.8, 4) is 17.2 Å². The molecule has 3 aromatic rings. The number of furan rings is 1. The number of methoxy groups -OCH3 is 3. The predicted molar refractivity (Wildman–Crippen MR) is 135 cm³/mol. The van der Waals surface area contributed by atoms with E-state index in [2.05, 4.69) is 0 Å². The first kappa shape index (κ1) is 24.9. The lowest BCUT2D eigenvalue weighted by atomic mass is 9.85. The monoisotopic (exact) mass is 491 g/mol. The highest BCUT2D eigenvalue weighted by Gasteiger charge is 2.48. The molecule has 188 valence electrons. The Morgan fingerprint density at radius 3 is 2.17 bits per heavy atom. The van der Waals surface area contributed by atoms with E-state index in [1.54, 1.807) is 42.5 Å². The number of hydrogen-bond donors (Lipinski definition) is 1. The van der Waals surface area contributed by atoms with Gasteiger partial charge >= 0.3 is 0 Å². The van der Waals surface area contributed by atoms with Crippen molar-refractivity contribution < 1.29 is 33.3 Å². The van der Waals surface area contributed by atoms with E-state index in [0.29, 0.717) is 34.3 Å². The number of rotatable bonds is 6. The number of aliphatic hydroxyl groups excluding tert-OH is 1. The lowest BCUT2D eigenvalue weighted by molar-refractivity contribution is -0.132. The molecule has 1 aromatic heterocycles. The molecule has 36 heavy (non-hydrogen) atoms. The first-order valence-electron chi connectivity index (χ1n) is 11.4. The minimum Gasteiger partial charge on any atom is -0.507 e. The topological polar surface area (TPSA) is 98.4 Å². The molecule has 1 unspecified atom stereocenters. The lowest BCUT2D eigenvalue weighted by Gasteiger charge is -2.25. The molecule has 1 saturated heterocycles. The Morgan fingerprint density at radius 1 is 0.917 bits per heavy atom. The molecule has 1 aliphatic rings. The van der Waals surface area contributed by atoms with Gasteiger partial charge in [-0.05, 0) is 47.4 Å². The molecule has 0 radical (unpaired) electrons. The number of amides is 1. The number of benzene rings is 2. The van der Waals surface area contributed by atoms with E-state index in [1.165, 1.54) is 32.5 Å². The number of nitrogens with zero attached hydrogens (tertiary/aromatic N) is 1. The highest BCUT2D eigenvalue weighted by atomic mass is 16.5. The SMILES string of the molecule is COc1ccc(N2C(=O)C(=O)/C(=C(/O)c3cc(C(C)(C)C)ccc3OC)C2c2ccco2)cc1OC. The van der Waals surface area contributed by atoms with Gasteiger partial charge in [-0.2, -0.15) is 0 Å². The van der Waals surface area contributed by atoms with E-state index in [9.17, 15) is 14.7 Å². The van der Waals surface area contributed by atoms with E-state index >= 15 is 0 Å². The third-order valence-electron chi connectivity index (χ3n) is 6.22. The highest BCUT2D eigenvalue weighted by Crippen LogP contribution is 2.45. The Morgan fingerprint density at radius 2 is 1.58 bits per heavy atom. The second-order valence-corrected chi connectivity index (χ2v) is 9.39. The minimum absolute atomic E-state index is 0.103. The number of carbonyl (C=O) groups excluding carboxylic acids is 2. The fourth-order valence-electron chi connectivity index (χ4n) is 4.29. The van der Waals surface area contributed by atoms with Gasteiger partial charge in [0.1, 0.15) is 23.3 Å². The Balaban J connectivity index is 1.96. The zero-order chi connectivity index (χ0) is 26.2. The van der Waals surface area contributed by atoms with Crippen LogP contribution in [-0.2, 0) is 15.0 Å². The number of hydrogen-bond acceptors (Lipinski definition) is 7. The van der Waals surface area contributed by atoms with Crippen LogP contribution in [0.4, 0.5) is 5.69 Å². The molecular formula is C28H29NO7. The fourth-order valence-corrected chi connectivity index (χ4v) is 4.29. The molecule has 1 aliphatic heterocycles. The van der Waals surface area contributed by atoms with E-state index in [-0.39, 0.29) is 16.7 Å². The molecule has 0 spiro atoms. The van der Waals surface area contributed by atoms with Crippen LogP contribution in [0.25, 0.3) is 5.76 Å². The van der Waals surface area contributed by atoms with Gasteiger partial charge in [-0.3, -0.25) is 14.5 Å². The van der Waals surface area contributed by atoms with Crippen molar-refractivity contribution in [1.29, 1.82) is 0 Å². The Hall–Kier alpha value is -4.20. The van der Waals surface area contributed by atoms with Crippen molar-refractivity contribution in [2.24, 2.45) is 0 Å². The van der Waals surface area contributed by atoms with Crippen LogP contribution in [0.2, 0.25) is 0 Å². The summed E-state index contributed by atoms with van der Waals surface area (Å²) >= 11 is 0. The van der Waals surface area contributed by atoms with Crippen molar-refractivity contribution in [3.63, 3.8) is 0 Å². The second-order valence-electron chi connectivity index (χ2n) is 9.39. The van der Waals surface area contributed by atoms with Crippen LogP contribution < -0.4 is 19.1 Å². The summed E-state index contributed by atoms with van der Waals surface area (Å²) in [5, 5.41) is 11.5. The first-order valence-corrected chi connectivity index (χ1v) is 11.4. The van der Waals surface area contributed by atoms with E-state index in [4.69, 9.17) is 18.6 Å². The molecule has 0 aliphatic carbocycles. The molecule has 0 saturated carbocycles. The van der Waals surface area contributed by atoms with Crippen LogP contribution in [0.5, 0.6) is 17.2 Å². The molecule has 1 atom stereocenters. The molecule has 1 N–H and O–H groups in total. The van der Waals surface area contributed by atoms with E-state index < -0.39 is 17.7 Å². The third kappa shape index (κ3) is 4.19. The normalized spacial score (nSPS) is 17.4. The van der Waals surface area contributed by atoms with Crippen LogP contribution in [0.15, 0.2) is 64.8 Å². The molecule has 0 bridgehead atoms. The van der Waals surface area contributed by atoms with Gasteiger partial charge in [0, 0.05) is 11.8 Å². The Kier molecular flexibility index (Phi) is 6.54. The summed E-state index contributed by atoms with van der Waals surface area (Å²) in [6, 6.07) is 12.6. The van der Waals surface area contributed by atoms with Crippen molar-refractivity contribution in [2.45, 2.75) is 32.2 Å². The largest absolute Gasteiger partial charge is 0.507 e. The van der Waals surface area contributed by atoms with Crippen LogP contribution >= 0.6 is 0 Å². The van der Waals surface area contributed by atoms with Crippen LogP contribution in [-0.4, -0.2) is 38.1 Å². The average Bonchev–Trinajstić information content (AvgIpc) is 3.49. The summed E-state index contributed by atoms with van der Waals surface area (Å²) in [5.74, 6) is -0.457. The quantitative estimate of drug-likeness (QED) is 0.286. The van der Waals surface area contributed by atoms with Gasteiger partial charge in [0.2, 0.25) is 0 Å². The van der Waals surface area contributed by atoms with Crippen molar-refractivity contribution in [2.75, 3.05) is 26.2 Å². The summed E-state index contributed by atoms with van der Waals surface area (Å²) in [5.41, 5.74) is 1.29. The molecule has 8 heteroatoms. The van der Waals surface area contributed by atoms with Gasteiger partial charge in [-0.25, -0.2) is 0 Å². The number of anilines is 1. The summed E-state index contributed by atoms with van der Waals surface area (Å²) < 4.78 is 21.8. The summed E-state index contributed by atoms with van der Waals surface area (Å²) in [6.07, 6.45) is 1.45. The maximum Gasteiger partial charge on any atom is 0.300 e. The molecule has 4 rings (SSSR count). The smallest absolute Gasteiger partial charge is 0.300 e. The average molecular weight is 492 g/mol. The third-order valence-corrected chi connectivity index (χ3v) is 6.22. The summed E-state index contributed by atoms with van der Waals surface area (Å²) in [4.78, 5) is 28.1. The Bertz CT molecular complexity index is 1330. The lowest BCUT2D eigenvalue weighted by Crippen LogP contribution is -2.29. The minimum atomic E-state index is -1.01. The Labute approximate surface area is 209 Å². The first-order chi connectivity index (χ1) is 17.1. The van der Waals surface area contributed by atoms with Crippen LogP contribution in [0, 0.1) is 0 Å². The summed E-state index contributed by atoms with van der Waals surface area (Å²) in [7, 11) is 4.47. The number of Topliss-reactive ketones (excluding diaryl/α,β-unsaturated/α-hetero) is 1. The molecule has 1 amide bonds. The predicted octanol–water partition coefficient (Wildman–Crippen LogP) is 5.23. The number of ether oxygens (including phenoxy) is 3. The fraction of sp³-hybridized carbons (Fsp3) is 0.286. The zero-order valence-corrected chi connectivity index (χ0v) is 21.1. The van der Waals surface area contributed by atoms with Gasteiger partial charge in [0.05, 0.1) is 38.7 Å². The maximum atomic E-state index is 13.4. The van der Waals surface area contributed by atoms with Gasteiger partial charge in [0.25, 0.3) is 11.7 Å². The van der Waals surface area contributed by atoms with Gasteiger partial charge in [0.15, 0.2) is 11.5 Å². The molecular weight excluding hydrogens is 462 g/mol. The van der Waals surface area contributed by atoms with Crippen LogP contribution in [0.3, 0.4) is 0 Å². The standard InChI is InChI=1S/C28H29NO7/c1-28(2,3)16-9-11-19(33-4)18(14-16)25(30)23-24(21-8-7-13-36-21)29(27(32)26(23)31)17-10-12-20(34-5)22(15-17)35-6/h7-15,24,30H,1-6H3/b25-23+. The van der Waals surface area contributed by atoms with Gasteiger partial charge < -0.3 is 23.7 Å². The molecule has 2 heterocycles. The molecule has 2 aromatic carbocycles. The number of ketones is 1. The second kappa shape index (κ2) is 9.45. The number of aliphatic hydroxyl groups is 1. The van der Waals surface area contributed by atoms with Crippen molar-refractivity contribution >= 4 is 23.1 Å². The van der Waals surface area contributed by atoms with Gasteiger partial charge in [-0.1, -0.05) is 26.8 Å². The van der Waals surface area contributed by atoms with E-state index in [1.807, 2.05) is 26.8 Å². The van der Waals surface area contributed by atoms with Crippen molar-refractivity contribution in [3.05, 3.63) is 77.3 Å². The van der Waals surface area contributed by atoms with E-state index in [0.717, 1.165) is 5.56 Å². The number of carbonyl (C=O) groups is 2. The summed E-state index contributed by atoms with van der Waals surface area (Å²) in [6.45, 7) is 6.12. The van der Waals surface area contributed by atoms with Gasteiger partial charge in [-0.15, -0.1) is 0 Å². The zero-order valence-electron chi connectivity index (χ0n) is 21.1. The molecule has 1 fully saturated rings. The molecule has 8 nitrogen and oxygen atoms in total.